The minimum atomic E-state index is -0.170. The summed E-state index contributed by atoms with van der Waals surface area (Å²) in [4.78, 5) is 11.6. The average molecular weight is 222 g/mol. The number of anilines is 1. The number of hydrogen-bond acceptors (Lipinski definition) is 2. The van der Waals surface area contributed by atoms with Crippen molar-refractivity contribution in [3.8, 4) is 0 Å². The quantitative estimate of drug-likeness (QED) is 0.768. The highest BCUT2D eigenvalue weighted by molar-refractivity contribution is 7.80. The van der Waals surface area contributed by atoms with E-state index in [-0.39, 0.29) is 17.3 Å². The van der Waals surface area contributed by atoms with Crippen molar-refractivity contribution in [3.63, 3.8) is 0 Å². The molecule has 0 aromatic heterocycles. The number of hydrogen-bond donors (Lipinski definition) is 2. The highest BCUT2D eigenvalue weighted by Crippen LogP contribution is 2.16. The predicted molar refractivity (Wildman–Crippen MR) is 65.9 cm³/mol. The molecule has 4 heteroatoms. The highest BCUT2D eigenvalue weighted by Gasteiger charge is 2.05. The van der Waals surface area contributed by atoms with Crippen molar-refractivity contribution < 1.29 is 4.79 Å². The Morgan fingerprint density at radius 1 is 1.47 bits per heavy atom. The molecule has 0 heterocycles. The molecule has 3 nitrogen and oxygen atoms in total. The van der Waals surface area contributed by atoms with Gasteiger partial charge >= 0.3 is 0 Å². The number of carbonyl (C=O) groups is 1. The molecule has 0 saturated carbocycles. The number of thiocarbonyl (C=S) groups is 1. The lowest BCUT2D eigenvalue weighted by Gasteiger charge is -2.08. The molecule has 0 aliphatic rings. The Labute approximate surface area is 94.7 Å². The third-order valence-electron chi connectivity index (χ3n) is 2.00. The van der Waals surface area contributed by atoms with Gasteiger partial charge in [-0.05, 0) is 31.0 Å². The van der Waals surface area contributed by atoms with E-state index in [1.54, 1.807) is 0 Å². The van der Waals surface area contributed by atoms with E-state index in [2.05, 4.69) is 17.5 Å². The van der Waals surface area contributed by atoms with Crippen LogP contribution >= 0.6 is 12.2 Å². The lowest BCUT2D eigenvalue weighted by molar-refractivity contribution is -0.115. The van der Waals surface area contributed by atoms with E-state index in [1.165, 1.54) is 0 Å². The average Bonchev–Trinajstić information content (AvgIpc) is 2.10. The third-order valence-corrected chi connectivity index (χ3v) is 2.15. The summed E-state index contributed by atoms with van der Waals surface area (Å²) < 4.78 is 0. The lowest BCUT2D eigenvalue weighted by Crippen LogP contribution is -2.20. The monoisotopic (exact) mass is 222 g/mol. The highest BCUT2D eigenvalue weighted by atomic mass is 32.1. The number of aryl methyl sites for hydroxylation is 2. The van der Waals surface area contributed by atoms with Crippen LogP contribution in [0.15, 0.2) is 18.2 Å². The van der Waals surface area contributed by atoms with Crippen molar-refractivity contribution in [2.45, 2.75) is 20.3 Å². The maximum Gasteiger partial charge on any atom is 0.231 e. The lowest BCUT2D eigenvalue weighted by atomic mass is 10.1. The SMILES string of the molecule is Cc1ccc(C)c(NC(=O)CC(N)=S)c1. The van der Waals surface area contributed by atoms with Crippen LogP contribution in [-0.4, -0.2) is 10.9 Å². The van der Waals surface area contributed by atoms with Gasteiger partial charge in [-0.3, -0.25) is 4.79 Å². The number of benzene rings is 1. The molecule has 0 spiro atoms. The first kappa shape index (κ1) is 11.7. The van der Waals surface area contributed by atoms with Crippen LogP contribution < -0.4 is 11.1 Å². The van der Waals surface area contributed by atoms with Crippen molar-refractivity contribution in [1.82, 2.24) is 0 Å². The van der Waals surface area contributed by atoms with Gasteiger partial charge < -0.3 is 11.1 Å². The Morgan fingerprint density at radius 2 is 2.13 bits per heavy atom. The molecule has 0 unspecified atom stereocenters. The fourth-order valence-corrected chi connectivity index (χ4v) is 1.35. The second-order valence-electron chi connectivity index (χ2n) is 3.51. The molecule has 0 atom stereocenters. The van der Waals surface area contributed by atoms with Gasteiger partial charge in [0.25, 0.3) is 0 Å². The van der Waals surface area contributed by atoms with Crippen LogP contribution in [0, 0.1) is 13.8 Å². The van der Waals surface area contributed by atoms with Gasteiger partial charge in [-0.15, -0.1) is 0 Å². The summed E-state index contributed by atoms with van der Waals surface area (Å²) in [6, 6.07) is 5.89. The van der Waals surface area contributed by atoms with Crippen molar-refractivity contribution in [1.29, 1.82) is 0 Å². The van der Waals surface area contributed by atoms with Gasteiger partial charge in [0.2, 0.25) is 5.91 Å². The fourth-order valence-electron chi connectivity index (χ4n) is 1.22. The van der Waals surface area contributed by atoms with Crippen molar-refractivity contribution in [2.75, 3.05) is 5.32 Å². The molecule has 0 aliphatic heterocycles. The van der Waals surface area contributed by atoms with E-state index in [0.717, 1.165) is 16.8 Å². The Balaban J connectivity index is 2.76. The van der Waals surface area contributed by atoms with Crippen LogP contribution in [0.5, 0.6) is 0 Å². The molecule has 1 rings (SSSR count). The maximum absolute atomic E-state index is 11.4. The van der Waals surface area contributed by atoms with Gasteiger partial charge in [0.15, 0.2) is 0 Å². The summed E-state index contributed by atoms with van der Waals surface area (Å²) in [6.07, 6.45) is 0.0860. The van der Waals surface area contributed by atoms with Crippen LogP contribution in [-0.2, 0) is 4.79 Å². The molecule has 15 heavy (non-hydrogen) atoms. The molecule has 0 aliphatic carbocycles. The largest absolute Gasteiger partial charge is 0.393 e. The summed E-state index contributed by atoms with van der Waals surface area (Å²) in [5.74, 6) is -0.170. The first-order valence-electron chi connectivity index (χ1n) is 4.64. The van der Waals surface area contributed by atoms with Crippen molar-refractivity contribution in [3.05, 3.63) is 29.3 Å². The standard InChI is InChI=1S/C11H14N2OS/c1-7-3-4-8(2)9(5-7)13-11(14)6-10(12)15/h3-5H,6H2,1-2H3,(H2,12,15)(H,13,14). The molecule has 0 radical (unpaired) electrons. The van der Waals surface area contributed by atoms with E-state index >= 15 is 0 Å². The molecule has 3 N–H and O–H groups in total. The zero-order valence-electron chi connectivity index (χ0n) is 8.83. The minimum Gasteiger partial charge on any atom is -0.393 e. The second-order valence-corrected chi connectivity index (χ2v) is 4.03. The molecule has 0 bridgehead atoms. The topological polar surface area (TPSA) is 55.1 Å². The Hall–Kier alpha value is -1.42. The molecule has 1 aromatic carbocycles. The van der Waals surface area contributed by atoms with Gasteiger partial charge in [0.1, 0.15) is 0 Å². The minimum absolute atomic E-state index is 0.0860. The Kier molecular flexibility index (Phi) is 3.80. The number of rotatable bonds is 3. The Bertz CT molecular complexity index is 402. The van der Waals surface area contributed by atoms with Gasteiger partial charge in [-0.1, -0.05) is 24.4 Å². The van der Waals surface area contributed by atoms with Crippen molar-refractivity contribution in [2.24, 2.45) is 5.73 Å². The van der Waals surface area contributed by atoms with Crippen LogP contribution in [0.25, 0.3) is 0 Å². The zero-order chi connectivity index (χ0) is 11.4. The van der Waals surface area contributed by atoms with Crippen LogP contribution in [0.3, 0.4) is 0 Å². The molecule has 0 fully saturated rings. The van der Waals surface area contributed by atoms with E-state index in [4.69, 9.17) is 5.73 Å². The first-order valence-corrected chi connectivity index (χ1v) is 5.05. The second kappa shape index (κ2) is 4.89. The number of amides is 1. The third kappa shape index (κ3) is 3.67. The maximum atomic E-state index is 11.4. The fraction of sp³-hybridized carbons (Fsp3) is 0.273. The van der Waals surface area contributed by atoms with E-state index in [9.17, 15) is 4.79 Å². The number of nitrogens with two attached hydrogens (primary N) is 1. The summed E-state index contributed by atoms with van der Waals surface area (Å²) >= 11 is 4.66. The van der Waals surface area contributed by atoms with Crippen LogP contribution in [0.1, 0.15) is 17.5 Å². The normalized spacial score (nSPS) is 9.73. The molecule has 1 aromatic rings. The van der Waals surface area contributed by atoms with E-state index in [1.807, 2.05) is 32.0 Å². The van der Waals surface area contributed by atoms with Gasteiger partial charge in [0, 0.05) is 5.69 Å². The molecule has 80 valence electrons. The predicted octanol–water partition coefficient (Wildman–Crippen LogP) is 1.92. The number of nitrogens with one attached hydrogen (secondary N) is 1. The first-order chi connectivity index (χ1) is 6.99. The number of carbonyl (C=O) groups excluding carboxylic acids is 1. The smallest absolute Gasteiger partial charge is 0.231 e. The van der Waals surface area contributed by atoms with E-state index in [0.29, 0.717) is 0 Å². The van der Waals surface area contributed by atoms with Crippen LogP contribution in [0.2, 0.25) is 0 Å². The molecular formula is C11H14N2OS. The summed E-state index contributed by atoms with van der Waals surface area (Å²) in [5.41, 5.74) is 8.23. The van der Waals surface area contributed by atoms with Gasteiger partial charge in [0.05, 0.1) is 11.4 Å². The Morgan fingerprint density at radius 3 is 2.73 bits per heavy atom. The van der Waals surface area contributed by atoms with Crippen molar-refractivity contribution >= 4 is 28.8 Å². The molecule has 0 saturated heterocycles. The molecular weight excluding hydrogens is 208 g/mol. The zero-order valence-corrected chi connectivity index (χ0v) is 9.65. The summed E-state index contributed by atoms with van der Waals surface area (Å²) in [5, 5.41) is 2.78. The van der Waals surface area contributed by atoms with Gasteiger partial charge in [-0.25, -0.2) is 0 Å². The van der Waals surface area contributed by atoms with Gasteiger partial charge in [-0.2, -0.15) is 0 Å². The summed E-state index contributed by atoms with van der Waals surface area (Å²) in [7, 11) is 0. The summed E-state index contributed by atoms with van der Waals surface area (Å²) in [6.45, 7) is 3.92. The van der Waals surface area contributed by atoms with Crippen LogP contribution in [0.4, 0.5) is 5.69 Å². The van der Waals surface area contributed by atoms with E-state index < -0.39 is 0 Å². The molecule has 1 amide bonds.